The summed E-state index contributed by atoms with van der Waals surface area (Å²) in [5, 5.41) is 0. The number of carbonyl (C=O) groups is 3. The van der Waals surface area contributed by atoms with Gasteiger partial charge in [-0.1, -0.05) is 32.1 Å². The molecule has 0 spiro atoms. The van der Waals surface area contributed by atoms with Gasteiger partial charge in [-0.05, 0) is 25.7 Å². The van der Waals surface area contributed by atoms with Gasteiger partial charge in [-0.15, -0.1) is 0 Å². The third-order valence-electron chi connectivity index (χ3n) is 7.85. The Bertz CT molecular complexity index is 809. The highest BCUT2D eigenvalue weighted by Crippen LogP contribution is 2.38. The van der Waals surface area contributed by atoms with Crippen molar-refractivity contribution in [3.63, 3.8) is 0 Å². The van der Waals surface area contributed by atoms with E-state index in [9.17, 15) is 22.8 Å². The van der Waals surface area contributed by atoms with E-state index in [2.05, 4.69) is 0 Å². The summed E-state index contributed by atoms with van der Waals surface area (Å²) in [5.74, 6) is -0.746. The lowest BCUT2D eigenvalue weighted by atomic mass is 9.81. The molecule has 0 bridgehead atoms. The van der Waals surface area contributed by atoms with Gasteiger partial charge in [0.15, 0.2) is 0 Å². The van der Waals surface area contributed by atoms with E-state index >= 15 is 0 Å². The van der Waals surface area contributed by atoms with Crippen molar-refractivity contribution in [3.8, 4) is 0 Å². The molecule has 2 saturated carbocycles. The van der Waals surface area contributed by atoms with Crippen LogP contribution in [0.2, 0.25) is 0 Å². The van der Waals surface area contributed by atoms with Gasteiger partial charge in [0.2, 0.25) is 17.7 Å². The van der Waals surface area contributed by atoms with Crippen molar-refractivity contribution in [2.24, 2.45) is 11.8 Å². The van der Waals surface area contributed by atoms with Crippen molar-refractivity contribution in [2.45, 2.75) is 70.3 Å². The highest BCUT2D eigenvalue weighted by Gasteiger charge is 2.48. The fourth-order valence-electron chi connectivity index (χ4n) is 5.80. The molecule has 9 nitrogen and oxygen atoms in total. The van der Waals surface area contributed by atoms with Crippen LogP contribution < -0.4 is 0 Å². The summed E-state index contributed by atoms with van der Waals surface area (Å²) in [6.07, 6.45) is 8.72. The number of hydrogen-bond acceptors (Lipinski definition) is 5. The first kappa shape index (κ1) is 23.6. The van der Waals surface area contributed by atoms with Gasteiger partial charge in [-0.25, -0.2) is 0 Å². The Labute approximate surface area is 191 Å². The Morgan fingerprint density at radius 1 is 0.875 bits per heavy atom. The van der Waals surface area contributed by atoms with Gasteiger partial charge in [0.25, 0.3) is 10.2 Å². The van der Waals surface area contributed by atoms with Crippen LogP contribution in [0, 0.1) is 11.8 Å². The van der Waals surface area contributed by atoms with Crippen LogP contribution in [0.15, 0.2) is 0 Å². The van der Waals surface area contributed by atoms with Crippen molar-refractivity contribution in [2.75, 3.05) is 39.8 Å². The Kier molecular flexibility index (Phi) is 7.21. The first-order valence-electron chi connectivity index (χ1n) is 12.2. The van der Waals surface area contributed by atoms with Crippen LogP contribution in [-0.2, 0) is 24.6 Å². The molecule has 0 radical (unpaired) electrons. The van der Waals surface area contributed by atoms with E-state index in [-0.39, 0.29) is 61.7 Å². The summed E-state index contributed by atoms with van der Waals surface area (Å²) < 4.78 is 29.0. The monoisotopic (exact) mass is 468 g/mol. The third kappa shape index (κ3) is 4.59. The number of hydrogen-bond donors (Lipinski definition) is 0. The topological polar surface area (TPSA) is 98.3 Å². The van der Waals surface area contributed by atoms with Crippen LogP contribution in [0.4, 0.5) is 0 Å². The van der Waals surface area contributed by atoms with Gasteiger partial charge in [-0.2, -0.15) is 17.0 Å². The zero-order valence-corrected chi connectivity index (χ0v) is 19.9. The van der Waals surface area contributed by atoms with Crippen LogP contribution >= 0.6 is 0 Å². The average molecular weight is 469 g/mol. The van der Waals surface area contributed by atoms with Gasteiger partial charge in [0.1, 0.15) is 0 Å². The molecular weight excluding hydrogens is 432 g/mol. The van der Waals surface area contributed by atoms with Crippen LogP contribution in [0.3, 0.4) is 0 Å². The lowest BCUT2D eigenvalue weighted by molar-refractivity contribution is -0.141. The van der Waals surface area contributed by atoms with Gasteiger partial charge in [0, 0.05) is 52.2 Å². The number of piperazine rings is 1. The lowest BCUT2D eigenvalue weighted by Crippen LogP contribution is -2.55. The third-order valence-corrected chi connectivity index (χ3v) is 9.90. The van der Waals surface area contributed by atoms with Crippen molar-refractivity contribution in [3.05, 3.63) is 0 Å². The number of amides is 3. The van der Waals surface area contributed by atoms with Crippen molar-refractivity contribution in [1.29, 1.82) is 0 Å². The molecule has 2 heterocycles. The molecule has 32 heavy (non-hydrogen) atoms. The summed E-state index contributed by atoms with van der Waals surface area (Å²) in [6, 6.07) is 0.0626. The summed E-state index contributed by atoms with van der Waals surface area (Å²) in [4.78, 5) is 40.8. The maximum atomic E-state index is 13.0. The average Bonchev–Trinajstić information content (AvgIpc) is 3.07. The molecule has 4 rings (SSSR count). The zero-order chi connectivity index (χ0) is 22.9. The molecule has 3 amide bonds. The number of imide groups is 1. The van der Waals surface area contributed by atoms with Crippen molar-refractivity contribution >= 4 is 27.9 Å². The molecule has 4 fully saturated rings. The molecule has 0 aromatic heterocycles. The number of likely N-dealkylation sites (tertiary alicyclic amines) is 1. The smallest absolute Gasteiger partial charge is 0.282 e. The first-order chi connectivity index (χ1) is 15.3. The van der Waals surface area contributed by atoms with E-state index < -0.39 is 10.2 Å². The molecule has 0 N–H and O–H groups in total. The SMILES string of the molecule is CN(C1CCCCC1)S(=O)(=O)N1CCN(C(=O)CCN2C(=O)C3CCCCC3C2=O)CC1. The summed E-state index contributed by atoms with van der Waals surface area (Å²) in [6.45, 7) is 1.35. The van der Waals surface area contributed by atoms with Crippen molar-refractivity contribution < 1.29 is 22.8 Å². The molecule has 0 aromatic carbocycles. The van der Waals surface area contributed by atoms with E-state index in [1.54, 1.807) is 11.9 Å². The second-order valence-corrected chi connectivity index (χ2v) is 11.7. The fraction of sp³-hybridized carbons (Fsp3) is 0.864. The standard InChI is InChI=1S/C22H36N4O5S/c1-23(17-7-3-2-4-8-17)32(30,31)25-15-13-24(14-16-25)20(27)11-12-26-21(28)18-9-5-6-10-19(18)22(26)29/h17-19H,2-16H2,1H3. The maximum absolute atomic E-state index is 13.0. The molecule has 180 valence electrons. The minimum Gasteiger partial charge on any atom is -0.340 e. The lowest BCUT2D eigenvalue weighted by Gasteiger charge is -2.38. The molecule has 2 atom stereocenters. The summed E-state index contributed by atoms with van der Waals surface area (Å²) in [7, 11) is -1.86. The second-order valence-electron chi connectivity index (χ2n) is 9.67. The highest BCUT2D eigenvalue weighted by molar-refractivity contribution is 7.86. The van der Waals surface area contributed by atoms with Crippen LogP contribution in [0.1, 0.15) is 64.2 Å². The number of rotatable bonds is 6. The molecule has 2 aliphatic heterocycles. The predicted molar refractivity (Wildman–Crippen MR) is 118 cm³/mol. The normalized spacial score (nSPS) is 28.4. The zero-order valence-electron chi connectivity index (χ0n) is 19.1. The molecule has 2 unspecified atom stereocenters. The summed E-state index contributed by atoms with van der Waals surface area (Å²) >= 11 is 0. The van der Waals surface area contributed by atoms with Gasteiger partial charge in [0.05, 0.1) is 11.8 Å². The van der Waals surface area contributed by atoms with E-state index in [4.69, 9.17) is 0 Å². The predicted octanol–water partition coefficient (Wildman–Crippen LogP) is 1.21. The van der Waals surface area contributed by atoms with Crippen LogP contribution in [-0.4, -0.2) is 90.4 Å². The van der Waals surface area contributed by atoms with Crippen molar-refractivity contribution in [1.82, 2.24) is 18.4 Å². The number of fused-ring (bicyclic) bond motifs is 1. The van der Waals surface area contributed by atoms with E-state index in [1.165, 1.54) is 19.9 Å². The molecule has 2 saturated heterocycles. The molecule has 10 heteroatoms. The van der Waals surface area contributed by atoms with Gasteiger partial charge < -0.3 is 4.90 Å². The van der Waals surface area contributed by atoms with E-state index in [0.29, 0.717) is 13.1 Å². The van der Waals surface area contributed by atoms with E-state index in [1.807, 2.05) is 0 Å². The Morgan fingerprint density at radius 3 is 1.97 bits per heavy atom. The highest BCUT2D eigenvalue weighted by atomic mass is 32.2. The molecule has 4 aliphatic rings. The molecular formula is C22H36N4O5S. The van der Waals surface area contributed by atoms with Crippen LogP contribution in [0.25, 0.3) is 0 Å². The minimum atomic E-state index is -3.53. The Hall–Kier alpha value is -1.52. The second kappa shape index (κ2) is 9.77. The quantitative estimate of drug-likeness (QED) is 0.546. The Balaban J connectivity index is 1.26. The van der Waals surface area contributed by atoms with Crippen LogP contribution in [0.5, 0.6) is 0 Å². The van der Waals surface area contributed by atoms with E-state index in [0.717, 1.165) is 51.4 Å². The summed E-state index contributed by atoms with van der Waals surface area (Å²) in [5.41, 5.74) is 0. The molecule has 0 aromatic rings. The largest absolute Gasteiger partial charge is 0.340 e. The van der Waals surface area contributed by atoms with Gasteiger partial charge >= 0.3 is 0 Å². The number of carbonyl (C=O) groups excluding carboxylic acids is 3. The first-order valence-corrected chi connectivity index (χ1v) is 13.6. The molecule has 2 aliphatic carbocycles. The number of nitrogens with zero attached hydrogens (tertiary/aromatic N) is 4. The maximum Gasteiger partial charge on any atom is 0.282 e. The van der Waals surface area contributed by atoms with Gasteiger partial charge in [-0.3, -0.25) is 19.3 Å². The minimum absolute atomic E-state index is 0.0626. The Morgan fingerprint density at radius 2 is 1.41 bits per heavy atom. The fourth-order valence-corrected chi connectivity index (χ4v) is 7.38.